The minimum atomic E-state index is -0.443. The summed E-state index contributed by atoms with van der Waals surface area (Å²) in [6.07, 6.45) is 4.33. The van der Waals surface area contributed by atoms with E-state index < -0.39 is 5.54 Å². The number of nitrogens with zero attached hydrogens (tertiary/aromatic N) is 5. The Morgan fingerprint density at radius 2 is 1.74 bits per heavy atom. The molecule has 4 amide bonds. The highest BCUT2D eigenvalue weighted by atomic mass is 16.5. The van der Waals surface area contributed by atoms with Crippen LogP contribution in [0.5, 0.6) is 11.5 Å². The molecule has 0 bridgehead atoms. The summed E-state index contributed by atoms with van der Waals surface area (Å²) in [5, 5.41) is 7.46. The smallest absolute Gasteiger partial charge is 0.325 e. The Morgan fingerprint density at radius 3 is 2.24 bits per heavy atom. The lowest BCUT2D eigenvalue weighted by Crippen LogP contribution is -2.55. The van der Waals surface area contributed by atoms with Crippen molar-refractivity contribution in [3.63, 3.8) is 0 Å². The van der Waals surface area contributed by atoms with E-state index in [1.807, 2.05) is 60.7 Å². The van der Waals surface area contributed by atoms with Crippen molar-refractivity contribution < 1.29 is 19.1 Å². The summed E-state index contributed by atoms with van der Waals surface area (Å²) in [5.41, 5.74) is 3.98. The maximum Gasteiger partial charge on any atom is 0.325 e. The molecule has 2 aliphatic heterocycles. The van der Waals surface area contributed by atoms with Crippen LogP contribution in [0.1, 0.15) is 50.1 Å². The topological polar surface area (TPSA) is 92.2 Å². The molecule has 1 aromatic carbocycles. The van der Waals surface area contributed by atoms with Crippen LogP contribution in [0.2, 0.25) is 0 Å². The molecule has 3 heterocycles. The number of urea groups is 2. The van der Waals surface area contributed by atoms with Gasteiger partial charge in [0.15, 0.2) is 0 Å². The van der Waals surface area contributed by atoms with Gasteiger partial charge in [0.05, 0.1) is 43.4 Å². The molecule has 1 spiro atoms. The molecule has 2 fully saturated rings. The zero-order chi connectivity index (χ0) is 27.6. The third kappa shape index (κ3) is 4.79. The molecule has 10 heteroatoms. The second-order valence-corrected chi connectivity index (χ2v) is 9.95. The lowest BCUT2D eigenvalue weighted by atomic mass is 9.83. The number of carbonyl (C=O) groups is 2. The maximum absolute atomic E-state index is 13.8. The number of aromatic nitrogens is 2. The third-order valence-electron chi connectivity index (χ3n) is 7.83. The number of piperidine rings is 1. The van der Waals surface area contributed by atoms with Crippen LogP contribution in [0.15, 0.2) is 30.0 Å². The number of anilines is 1. The van der Waals surface area contributed by atoms with E-state index in [9.17, 15) is 9.59 Å². The van der Waals surface area contributed by atoms with Crippen molar-refractivity contribution in [2.45, 2.75) is 59.0 Å². The van der Waals surface area contributed by atoms with Crippen molar-refractivity contribution in [1.82, 2.24) is 24.5 Å². The zero-order valence-corrected chi connectivity index (χ0v) is 23.6. The number of likely N-dealkylation sites (tertiary alicyclic amines) is 1. The van der Waals surface area contributed by atoms with Crippen LogP contribution in [-0.2, 0) is 13.6 Å². The van der Waals surface area contributed by atoms with Crippen molar-refractivity contribution in [1.29, 1.82) is 0 Å². The molecule has 2 aliphatic rings. The average molecular weight is 525 g/mol. The standard InChI is InChI=1S/C28H40N6O4/c1-8-10-24-28(11-13-32(14-12-28)26(35)29-25-19(3)30-31(5)20(25)4)34(9-2)27(36)33(24)18-21-15-22(37-6)17-23(16-21)38-7/h10,15-17H,8-9,11-14,18H2,1-7H3,(H,29,35)/b24-10-. The number of hydrogen-bond donors (Lipinski definition) is 1. The van der Waals surface area contributed by atoms with Crippen molar-refractivity contribution in [2.75, 3.05) is 39.2 Å². The van der Waals surface area contributed by atoms with Gasteiger partial charge in [-0.05, 0) is 57.7 Å². The number of hydrogen-bond acceptors (Lipinski definition) is 5. The van der Waals surface area contributed by atoms with Gasteiger partial charge >= 0.3 is 12.1 Å². The molecule has 2 saturated heterocycles. The van der Waals surface area contributed by atoms with Crippen molar-refractivity contribution in [2.24, 2.45) is 7.05 Å². The Balaban J connectivity index is 1.57. The van der Waals surface area contributed by atoms with Crippen LogP contribution in [0.25, 0.3) is 0 Å². The van der Waals surface area contributed by atoms with Crippen LogP contribution >= 0.6 is 0 Å². The predicted molar refractivity (Wildman–Crippen MR) is 146 cm³/mol. The van der Waals surface area contributed by atoms with Crippen LogP contribution in [0.3, 0.4) is 0 Å². The second kappa shape index (κ2) is 11.0. The van der Waals surface area contributed by atoms with Gasteiger partial charge in [-0.15, -0.1) is 0 Å². The molecule has 0 aliphatic carbocycles. The molecule has 0 radical (unpaired) electrons. The van der Waals surface area contributed by atoms with Gasteiger partial charge in [-0.1, -0.05) is 13.0 Å². The highest BCUT2D eigenvalue weighted by molar-refractivity contribution is 5.91. The predicted octanol–water partition coefficient (Wildman–Crippen LogP) is 4.67. The highest BCUT2D eigenvalue weighted by Gasteiger charge is 2.54. The fourth-order valence-electron chi connectivity index (χ4n) is 5.79. The average Bonchev–Trinajstić information content (AvgIpc) is 3.27. The monoisotopic (exact) mass is 524 g/mol. The Hall–Kier alpha value is -3.69. The number of nitrogens with one attached hydrogen (secondary N) is 1. The number of ether oxygens (including phenoxy) is 2. The number of benzene rings is 1. The lowest BCUT2D eigenvalue weighted by molar-refractivity contribution is 0.106. The van der Waals surface area contributed by atoms with E-state index in [4.69, 9.17) is 9.47 Å². The first kappa shape index (κ1) is 27.3. The maximum atomic E-state index is 13.8. The van der Waals surface area contributed by atoms with Gasteiger partial charge in [0, 0.05) is 38.4 Å². The van der Waals surface area contributed by atoms with E-state index in [0.29, 0.717) is 50.5 Å². The third-order valence-corrected chi connectivity index (χ3v) is 7.83. The first-order chi connectivity index (χ1) is 18.2. The summed E-state index contributed by atoms with van der Waals surface area (Å²) in [7, 11) is 5.11. The molecular weight excluding hydrogens is 484 g/mol. The van der Waals surface area contributed by atoms with E-state index >= 15 is 0 Å². The highest BCUT2D eigenvalue weighted by Crippen LogP contribution is 2.45. The van der Waals surface area contributed by atoms with E-state index in [-0.39, 0.29) is 12.1 Å². The quantitative estimate of drug-likeness (QED) is 0.568. The fraction of sp³-hybridized carbons (Fsp3) is 0.536. The van der Waals surface area contributed by atoms with Crippen molar-refractivity contribution in [3.05, 3.63) is 46.9 Å². The fourth-order valence-corrected chi connectivity index (χ4v) is 5.79. The van der Waals surface area contributed by atoms with Gasteiger partial charge in [-0.25, -0.2) is 9.59 Å². The van der Waals surface area contributed by atoms with Gasteiger partial charge in [0.25, 0.3) is 0 Å². The van der Waals surface area contributed by atoms with Crippen LogP contribution < -0.4 is 14.8 Å². The summed E-state index contributed by atoms with van der Waals surface area (Å²) in [6.45, 7) is 10.1. The minimum absolute atomic E-state index is 0.00602. The number of aryl methyl sites for hydroxylation is 2. The number of methoxy groups -OCH3 is 2. The summed E-state index contributed by atoms with van der Waals surface area (Å²) in [5.74, 6) is 1.37. The molecular formula is C28H40N6O4. The molecule has 0 atom stereocenters. The molecule has 2 aromatic rings. The number of carbonyl (C=O) groups excluding carboxylic acids is 2. The molecule has 206 valence electrons. The second-order valence-electron chi connectivity index (χ2n) is 9.95. The Labute approximate surface area is 225 Å². The van der Waals surface area contributed by atoms with Gasteiger partial charge < -0.3 is 24.6 Å². The van der Waals surface area contributed by atoms with E-state index in [2.05, 4.69) is 23.4 Å². The molecule has 0 unspecified atom stereocenters. The zero-order valence-electron chi connectivity index (χ0n) is 23.6. The Morgan fingerprint density at radius 1 is 1.11 bits per heavy atom. The first-order valence-corrected chi connectivity index (χ1v) is 13.3. The number of allylic oxidation sites excluding steroid dienone is 1. The van der Waals surface area contributed by atoms with Gasteiger partial charge in [-0.3, -0.25) is 9.58 Å². The summed E-state index contributed by atoms with van der Waals surface area (Å²) >= 11 is 0. The first-order valence-electron chi connectivity index (χ1n) is 13.3. The van der Waals surface area contributed by atoms with Crippen LogP contribution in [0.4, 0.5) is 15.3 Å². The summed E-state index contributed by atoms with van der Waals surface area (Å²) < 4.78 is 12.7. The van der Waals surface area contributed by atoms with Gasteiger partial charge in [0.1, 0.15) is 11.5 Å². The van der Waals surface area contributed by atoms with Crippen molar-refractivity contribution >= 4 is 17.7 Å². The summed E-state index contributed by atoms with van der Waals surface area (Å²) in [6, 6.07) is 5.57. The van der Waals surface area contributed by atoms with E-state index in [1.165, 1.54) is 0 Å². The minimum Gasteiger partial charge on any atom is -0.497 e. The Kier molecular flexibility index (Phi) is 7.89. The summed E-state index contributed by atoms with van der Waals surface area (Å²) in [4.78, 5) is 32.7. The number of likely N-dealkylation sites (N-methyl/N-ethyl adjacent to an activating group) is 1. The molecule has 1 N–H and O–H groups in total. The van der Waals surface area contributed by atoms with Crippen LogP contribution in [0, 0.1) is 13.8 Å². The number of amides is 4. The molecule has 4 rings (SSSR count). The molecule has 0 saturated carbocycles. The van der Waals surface area contributed by atoms with E-state index in [0.717, 1.165) is 34.8 Å². The largest absolute Gasteiger partial charge is 0.497 e. The molecule has 10 nitrogen and oxygen atoms in total. The van der Waals surface area contributed by atoms with Gasteiger partial charge in [0.2, 0.25) is 0 Å². The lowest BCUT2D eigenvalue weighted by Gasteiger charge is -2.44. The van der Waals surface area contributed by atoms with E-state index in [1.54, 1.807) is 18.9 Å². The molecule has 38 heavy (non-hydrogen) atoms. The SMILES string of the molecule is CC/C=C1\N(Cc2cc(OC)cc(OC)c2)C(=O)N(CC)C12CCN(C(=O)Nc1c(C)nn(C)c1C)CC2. The normalized spacial score (nSPS) is 18.0. The molecule has 1 aromatic heterocycles. The Bertz CT molecular complexity index is 1210. The van der Waals surface area contributed by atoms with Crippen LogP contribution in [-0.4, -0.2) is 75.9 Å². The number of rotatable bonds is 7. The van der Waals surface area contributed by atoms with Crippen molar-refractivity contribution in [3.8, 4) is 11.5 Å². The van der Waals surface area contributed by atoms with Gasteiger partial charge in [-0.2, -0.15) is 5.10 Å².